The van der Waals surface area contributed by atoms with Gasteiger partial charge in [-0.2, -0.15) is 0 Å². The molecule has 2 aromatic rings. The van der Waals surface area contributed by atoms with E-state index in [-0.39, 0.29) is 0 Å². The summed E-state index contributed by atoms with van der Waals surface area (Å²) < 4.78 is 0. The lowest BCUT2D eigenvalue weighted by Gasteiger charge is -2.08. The van der Waals surface area contributed by atoms with Gasteiger partial charge in [0.15, 0.2) is 0 Å². The average Bonchev–Trinajstić information content (AvgIpc) is 2.46. The van der Waals surface area contributed by atoms with Crippen molar-refractivity contribution in [2.45, 2.75) is 13.3 Å². The Morgan fingerprint density at radius 2 is 1.39 bits per heavy atom. The van der Waals surface area contributed by atoms with Gasteiger partial charge in [-0.3, -0.25) is 0 Å². The van der Waals surface area contributed by atoms with Crippen molar-refractivity contribution >= 4 is 14.2 Å². The molecule has 0 aliphatic carbocycles. The lowest BCUT2D eigenvalue weighted by Crippen LogP contribution is -1.86. The fourth-order valence-electron chi connectivity index (χ4n) is 1.89. The number of hydrogen-bond donors (Lipinski definition) is 0. The number of benzene rings is 2. The molecule has 92 valence electrons. The summed E-state index contributed by atoms with van der Waals surface area (Å²) in [6.07, 6.45) is 2.54. The molecular formula is C17H19P. The van der Waals surface area contributed by atoms with Gasteiger partial charge in [0, 0.05) is 0 Å². The average molecular weight is 254 g/mol. The maximum atomic E-state index is 2.40. The van der Waals surface area contributed by atoms with E-state index in [1.165, 1.54) is 29.3 Å². The van der Waals surface area contributed by atoms with E-state index in [2.05, 4.69) is 73.4 Å². The third-order valence-electron chi connectivity index (χ3n) is 2.81. The third kappa shape index (κ3) is 3.55. The van der Waals surface area contributed by atoms with Crippen LogP contribution in [0.2, 0.25) is 0 Å². The van der Waals surface area contributed by atoms with Crippen LogP contribution in [0.15, 0.2) is 66.5 Å². The molecule has 0 bridgehead atoms. The molecule has 0 N–H and O–H groups in total. The van der Waals surface area contributed by atoms with Gasteiger partial charge in [-0.15, -0.1) is 0 Å². The molecule has 0 fully saturated rings. The molecule has 1 unspecified atom stereocenters. The highest BCUT2D eigenvalue weighted by Gasteiger charge is 2.03. The van der Waals surface area contributed by atoms with Crippen LogP contribution in [0, 0.1) is 0 Å². The quantitative estimate of drug-likeness (QED) is 0.510. The van der Waals surface area contributed by atoms with Crippen molar-refractivity contribution in [3.05, 3.63) is 77.6 Å². The van der Waals surface area contributed by atoms with Gasteiger partial charge in [0.2, 0.25) is 0 Å². The molecule has 1 atom stereocenters. The lowest BCUT2D eigenvalue weighted by molar-refractivity contribution is 1.10. The molecular weight excluding hydrogens is 235 g/mol. The minimum absolute atomic E-state index is 0.902. The molecule has 0 heterocycles. The molecule has 0 aromatic heterocycles. The van der Waals surface area contributed by atoms with Crippen molar-refractivity contribution < 1.29 is 0 Å². The number of rotatable bonds is 5. The summed E-state index contributed by atoms with van der Waals surface area (Å²) in [5.41, 5.74) is 3.99. The van der Waals surface area contributed by atoms with E-state index in [9.17, 15) is 0 Å². The largest absolute Gasteiger partial charge is 0.0977 e. The van der Waals surface area contributed by atoms with E-state index in [1.807, 2.05) is 0 Å². The van der Waals surface area contributed by atoms with E-state index in [1.54, 1.807) is 0 Å². The second-order valence-electron chi connectivity index (χ2n) is 4.24. The van der Waals surface area contributed by atoms with Crippen LogP contribution < -0.4 is 0 Å². The van der Waals surface area contributed by atoms with Crippen LogP contribution in [0.25, 0.3) is 5.57 Å². The first-order valence-electron chi connectivity index (χ1n) is 6.46. The molecule has 0 saturated heterocycles. The minimum atomic E-state index is 0.902. The zero-order chi connectivity index (χ0) is 12.6. The van der Waals surface area contributed by atoms with Gasteiger partial charge in [-0.25, -0.2) is 0 Å². The van der Waals surface area contributed by atoms with Crippen LogP contribution in [-0.4, -0.2) is 6.16 Å². The monoisotopic (exact) mass is 254 g/mol. The summed E-state index contributed by atoms with van der Waals surface area (Å²) in [7, 11) is 0.902. The van der Waals surface area contributed by atoms with Crippen molar-refractivity contribution in [2.24, 2.45) is 0 Å². The maximum Gasteiger partial charge on any atom is -0.0109 e. The Bertz CT molecular complexity index is 444. The first kappa shape index (κ1) is 13.1. The molecule has 2 rings (SSSR count). The fraction of sp³-hybridized carbons (Fsp3) is 0.176. The lowest BCUT2D eigenvalue weighted by atomic mass is 10.00. The van der Waals surface area contributed by atoms with Crippen LogP contribution in [0.1, 0.15) is 24.5 Å². The molecule has 18 heavy (non-hydrogen) atoms. The van der Waals surface area contributed by atoms with Crippen LogP contribution in [0.4, 0.5) is 0 Å². The van der Waals surface area contributed by atoms with Gasteiger partial charge in [0.1, 0.15) is 0 Å². The summed E-state index contributed by atoms with van der Waals surface area (Å²) in [5.74, 6) is 2.40. The second-order valence-corrected chi connectivity index (χ2v) is 5.44. The predicted octanol–water partition coefficient (Wildman–Crippen LogP) is 5.16. The summed E-state index contributed by atoms with van der Waals surface area (Å²) in [5, 5.41) is 0. The Labute approximate surface area is 112 Å². The fourth-order valence-corrected chi connectivity index (χ4v) is 2.86. The Balaban J connectivity index is 2.33. The molecule has 0 spiro atoms. The Morgan fingerprint density at radius 3 is 1.83 bits per heavy atom. The molecule has 2 aromatic carbocycles. The predicted molar refractivity (Wildman–Crippen MR) is 83.4 cm³/mol. The maximum absolute atomic E-state index is 2.40. The highest BCUT2D eigenvalue weighted by molar-refractivity contribution is 7.42. The Morgan fingerprint density at radius 1 is 0.889 bits per heavy atom. The SMILES string of the molecule is CCCPC=C(c1ccccc1)c1ccccc1. The Hall–Kier alpha value is -1.39. The molecule has 0 aliphatic rings. The highest BCUT2D eigenvalue weighted by atomic mass is 31.1. The molecule has 0 saturated carbocycles. The van der Waals surface area contributed by atoms with E-state index < -0.39 is 0 Å². The smallest absolute Gasteiger partial charge is 0.0109 e. The molecule has 1 heteroatoms. The molecule has 0 radical (unpaired) electrons. The minimum Gasteiger partial charge on any atom is -0.0977 e. The van der Waals surface area contributed by atoms with Gasteiger partial charge in [-0.1, -0.05) is 88.4 Å². The zero-order valence-electron chi connectivity index (χ0n) is 10.8. The van der Waals surface area contributed by atoms with Crippen molar-refractivity contribution in [3.63, 3.8) is 0 Å². The topological polar surface area (TPSA) is 0 Å². The van der Waals surface area contributed by atoms with E-state index >= 15 is 0 Å². The first-order valence-corrected chi connectivity index (χ1v) is 7.74. The van der Waals surface area contributed by atoms with Crippen molar-refractivity contribution in [3.8, 4) is 0 Å². The van der Waals surface area contributed by atoms with E-state index in [0.717, 1.165) is 8.58 Å². The van der Waals surface area contributed by atoms with Crippen molar-refractivity contribution in [2.75, 3.05) is 6.16 Å². The summed E-state index contributed by atoms with van der Waals surface area (Å²) in [6, 6.07) is 21.3. The van der Waals surface area contributed by atoms with Crippen LogP contribution >= 0.6 is 8.58 Å². The van der Waals surface area contributed by atoms with Crippen LogP contribution in [0.3, 0.4) is 0 Å². The standard InChI is InChI=1S/C17H19P/c1-2-13-18-14-17(15-9-5-3-6-10-15)16-11-7-4-8-12-16/h3-12,14,18H,2,13H2,1H3. The molecule has 0 nitrogen and oxygen atoms in total. The van der Waals surface area contributed by atoms with Crippen molar-refractivity contribution in [1.29, 1.82) is 0 Å². The normalized spacial score (nSPS) is 10.7. The van der Waals surface area contributed by atoms with Gasteiger partial charge in [-0.05, 0) is 22.9 Å². The Kier molecular flexibility index (Phi) is 5.17. The second kappa shape index (κ2) is 7.13. The summed E-state index contributed by atoms with van der Waals surface area (Å²) in [4.78, 5) is 0. The van der Waals surface area contributed by atoms with Crippen LogP contribution in [0.5, 0.6) is 0 Å². The summed E-state index contributed by atoms with van der Waals surface area (Å²) in [6.45, 7) is 2.24. The van der Waals surface area contributed by atoms with Crippen molar-refractivity contribution in [1.82, 2.24) is 0 Å². The van der Waals surface area contributed by atoms with Crippen LogP contribution in [-0.2, 0) is 0 Å². The molecule has 0 aliphatic heterocycles. The van der Waals surface area contributed by atoms with Gasteiger partial charge >= 0.3 is 0 Å². The van der Waals surface area contributed by atoms with Gasteiger partial charge in [0.25, 0.3) is 0 Å². The van der Waals surface area contributed by atoms with Gasteiger partial charge in [0.05, 0.1) is 0 Å². The number of hydrogen-bond acceptors (Lipinski definition) is 0. The zero-order valence-corrected chi connectivity index (χ0v) is 11.8. The van der Waals surface area contributed by atoms with Gasteiger partial charge < -0.3 is 0 Å². The van der Waals surface area contributed by atoms with E-state index in [0.29, 0.717) is 0 Å². The summed E-state index contributed by atoms with van der Waals surface area (Å²) >= 11 is 0. The first-order chi connectivity index (χ1) is 8.92. The highest BCUT2D eigenvalue weighted by Crippen LogP contribution is 2.28. The van der Waals surface area contributed by atoms with E-state index in [4.69, 9.17) is 0 Å². The third-order valence-corrected chi connectivity index (χ3v) is 4.09. The molecule has 0 amide bonds.